The van der Waals surface area contributed by atoms with E-state index in [-0.39, 0.29) is 17.5 Å². The van der Waals surface area contributed by atoms with Gasteiger partial charge in [-0.2, -0.15) is 0 Å². The molecule has 0 radical (unpaired) electrons. The van der Waals surface area contributed by atoms with Gasteiger partial charge in [0.15, 0.2) is 5.82 Å². The SMILES string of the molecule is Nc1c(O)cc(C(=O)O)c(Cc2ccccc2F)c1F. The summed E-state index contributed by atoms with van der Waals surface area (Å²) in [5.74, 6) is -3.71. The van der Waals surface area contributed by atoms with Gasteiger partial charge in [0.05, 0.1) is 5.56 Å². The molecule has 0 spiro atoms. The molecule has 0 bridgehead atoms. The van der Waals surface area contributed by atoms with E-state index in [1.807, 2.05) is 0 Å². The zero-order valence-electron chi connectivity index (χ0n) is 10.2. The lowest BCUT2D eigenvalue weighted by Crippen LogP contribution is -2.09. The van der Waals surface area contributed by atoms with Gasteiger partial charge in [-0.05, 0) is 17.7 Å². The smallest absolute Gasteiger partial charge is 0.336 e. The zero-order valence-corrected chi connectivity index (χ0v) is 10.2. The lowest BCUT2D eigenvalue weighted by molar-refractivity contribution is 0.0694. The summed E-state index contributed by atoms with van der Waals surface area (Å²) in [4.78, 5) is 11.1. The minimum absolute atomic E-state index is 0.138. The molecule has 0 aromatic heterocycles. The largest absolute Gasteiger partial charge is 0.506 e. The van der Waals surface area contributed by atoms with Crippen LogP contribution in [0.1, 0.15) is 21.5 Å². The molecule has 2 aromatic rings. The number of anilines is 1. The average Bonchev–Trinajstić information content (AvgIpc) is 2.41. The number of carbonyl (C=O) groups is 1. The maximum atomic E-state index is 14.0. The summed E-state index contributed by atoms with van der Waals surface area (Å²) >= 11 is 0. The number of phenolic OH excluding ortho intramolecular Hbond substituents is 1. The van der Waals surface area contributed by atoms with Crippen LogP contribution in [0.2, 0.25) is 0 Å². The molecule has 0 aliphatic heterocycles. The quantitative estimate of drug-likeness (QED) is 0.595. The van der Waals surface area contributed by atoms with Crippen LogP contribution in [0.25, 0.3) is 0 Å². The standard InChI is InChI=1S/C14H11F2NO3/c15-10-4-2-1-3-7(10)5-8-9(14(19)20)6-11(18)13(17)12(8)16/h1-4,6,18H,5,17H2,(H,19,20). The Kier molecular flexibility index (Phi) is 3.56. The van der Waals surface area contributed by atoms with E-state index in [9.17, 15) is 18.7 Å². The fourth-order valence-electron chi connectivity index (χ4n) is 1.89. The lowest BCUT2D eigenvalue weighted by atomic mass is 9.97. The first-order chi connectivity index (χ1) is 9.41. The highest BCUT2D eigenvalue weighted by Gasteiger charge is 2.21. The number of benzene rings is 2. The van der Waals surface area contributed by atoms with Crippen molar-refractivity contribution < 1.29 is 23.8 Å². The minimum Gasteiger partial charge on any atom is -0.506 e. The van der Waals surface area contributed by atoms with E-state index < -0.39 is 34.6 Å². The average molecular weight is 279 g/mol. The van der Waals surface area contributed by atoms with Crippen LogP contribution in [-0.4, -0.2) is 16.2 Å². The van der Waals surface area contributed by atoms with Crippen LogP contribution in [0.4, 0.5) is 14.5 Å². The maximum absolute atomic E-state index is 14.0. The molecule has 0 atom stereocenters. The van der Waals surface area contributed by atoms with Crippen molar-refractivity contribution in [2.45, 2.75) is 6.42 Å². The summed E-state index contributed by atoms with van der Waals surface area (Å²) in [7, 11) is 0. The third kappa shape index (κ3) is 2.40. The molecular weight excluding hydrogens is 268 g/mol. The number of nitrogens with two attached hydrogens (primary N) is 1. The third-order valence-electron chi connectivity index (χ3n) is 2.94. The number of phenols is 1. The molecule has 4 nitrogen and oxygen atoms in total. The summed E-state index contributed by atoms with van der Waals surface area (Å²) in [6.45, 7) is 0. The number of rotatable bonds is 3. The molecule has 0 amide bonds. The van der Waals surface area contributed by atoms with E-state index in [2.05, 4.69) is 0 Å². The highest BCUT2D eigenvalue weighted by Crippen LogP contribution is 2.31. The van der Waals surface area contributed by atoms with Crippen LogP contribution in [0.15, 0.2) is 30.3 Å². The Bertz CT molecular complexity index is 686. The second-order valence-electron chi connectivity index (χ2n) is 4.22. The van der Waals surface area contributed by atoms with Crippen LogP contribution in [0, 0.1) is 11.6 Å². The van der Waals surface area contributed by atoms with Gasteiger partial charge >= 0.3 is 5.97 Å². The predicted octanol–water partition coefficient (Wildman–Crippen LogP) is 2.54. The molecule has 0 heterocycles. The Morgan fingerprint density at radius 2 is 1.90 bits per heavy atom. The number of nitrogen functional groups attached to an aromatic ring is 1. The van der Waals surface area contributed by atoms with Gasteiger partial charge in [-0.25, -0.2) is 13.6 Å². The number of aromatic carboxylic acids is 1. The van der Waals surface area contributed by atoms with Crippen molar-refractivity contribution in [3.63, 3.8) is 0 Å². The van der Waals surface area contributed by atoms with Crippen molar-refractivity contribution in [1.29, 1.82) is 0 Å². The highest BCUT2D eigenvalue weighted by atomic mass is 19.1. The van der Waals surface area contributed by atoms with Crippen LogP contribution in [0.5, 0.6) is 5.75 Å². The fraction of sp³-hybridized carbons (Fsp3) is 0.0714. The summed E-state index contributed by atoms with van der Waals surface area (Å²) < 4.78 is 27.6. The molecule has 0 saturated carbocycles. The first kappa shape index (κ1) is 13.8. The Morgan fingerprint density at radius 1 is 1.25 bits per heavy atom. The van der Waals surface area contributed by atoms with Gasteiger partial charge in [0.25, 0.3) is 0 Å². The summed E-state index contributed by atoms with van der Waals surface area (Å²) in [5, 5.41) is 18.4. The van der Waals surface area contributed by atoms with Crippen molar-refractivity contribution >= 4 is 11.7 Å². The number of aromatic hydroxyl groups is 1. The third-order valence-corrected chi connectivity index (χ3v) is 2.94. The highest BCUT2D eigenvalue weighted by molar-refractivity contribution is 5.91. The van der Waals surface area contributed by atoms with Crippen molar-refractivity contribution in [2.75, 3.05) is 5.73 Å². The second kappa shape index (κ2) is 5.16. The Balaban J connectivity index is 2.59. The predicted molar refractivity (Wildman–Crippen MR) is 68.6 cm³/mol. The minimum atomic E-state index is -1.43. The van der Waals surface area contributed by atoms with Crippen molar-refractivity contribution in [3.8, 4) is 5.75 Å². The Hall–Kier alpha value is -2.63. The van der Waals surface area contributed by atoms with E-state index in [1.54, 1.807) is 6.07 Å². The Labute approximate surface area is 113 Å². The zero-order chi connectivity index (χ0) is 14.9. The molecule has 0 saturated heterocycles. The molecule has 0 fully saturated rings. The summed E-state index contributed by atoms with van der Waals surface area (Å²) in [6.07, 6.45) is -0.273. The van der Waals surface area contributed by atoms with Crippen LogP contribution < -0.4 is 5.73 Å². The van der Waals surface area contributed by atoms with Gasteiger partial charge in [-0.3, -0.25) is 0 Å². The molecule has 2 aromatic carbocycles. The van der Waals surface area contributed by atoms with Crippen molar-refractivity contribution in [1.82, 2.24) is 0 Å². The van der Waals surface area contributed by atoms with Gasteiger partial charge in [0, 0.05) is 12.0 Å². The van der Waals surface area contributed by atoms with Crippen molar-refractivity contribution in [2.24, 2.45) is 0 Å². The van der Waals surface area contributed by atoms with E-state index in [1.165, 1.54) is 18.2 Å². The van der Waals surface area contributed by atoms with E-state index in [0.717, 1.165) is 6.07 Å². The van der Waals surface area contributed by atoms with Gasteiger partial charge in [0.1, 0.15) is 17.3 Å². The Morgan fingerprint density at radius 3 is 2.50 bits per heavy atom. The molecular formula is C14H11F2NO3. The van der Waals surface area contributed by atoms with Crippen LogP contribution in [-0.2, 0) is 6.42 Å². The van der Waals surface area contributed by atoms with Gasteiger partial charge < -0.3 is 15.9 Å². The topological polar surface area (TPSA) is 83.5 Å². The molecule has 104 valence electrons. The summed E-state index contributed by atoms with van der Waals surface area (Å²) in [5.41, 5.74) is 4.20. The molecule has 20 heavy (non-hydrogen) atoms. The molecule has 0 aliphatic rings. The monoisotopic (exact) mass is 279 g/mol. The lowest BCUT2D eigenvalue weighted by Gasteiger charge is -2.11. The van der Waals surface area contributed by atoms with Crippen LogP contribution in [0.3, 0.4) is 0 Å². The van der Waals surface area contributed by atoms with Gasteiger partial charge in [-0.15, -0.1) is 0 Å². The van der Waals surface area contributed by atoms with Gasteiger partial charge in [-0.1, -0.05) is 18.2 Å². The number of carboxylic acids is 1. The number of hydrogen-bond acceptors (Lipinski definition) is 3. The first-order valence-electron chi connectivity index (χ1n) is 5.68. The van der Waals surface area contributed by atoms with Crippen LogP contribution >= 0.6 is 0 Å². The molecule has 2 rings (SSSR count). The maximum Gasteiger partial charge on any atom is 0.336 e. The summed E-state index contributed by atoms with van der Waals surface area (Å²) in [6, 6.07) is 6.50. The van der Waals surface area contributed by atoms with E-state index in [4.69, 9.17) is 10.8 Å². The van der Waals surface area contributed by atoms with Gasteiger partial charge in [0.2, 0.25) is 0 Å². The number of carboxylic acid groups (broad SMARTS) is 1. The van der Waals surface area contributed by atoms with E-state index >= 15 is 0 Å². The molecule has 0 aliphatic carbocycles. The molecule has 0 unspecified atom stereocenters. The normalized spacial score (nSPS) is 10.5. The molecule has 4 N–H and O–H groups in total. The van der Waals surface area contributed by atoms with E-state index in [0.29, 0.717) is 0 Å². The first-order valence-corrected chi connectivity index (χ1v) is 5.68. The molecule has 6 heteroatoms. The van der Waals surface area contributed by atoms with Crippen molar-refractivity contribution in [3.05, 3.63) is 58.7 Å². The number of hydrogen-bond donors (Lipinski definition) is 3. The second-order valence-corrected chi connectivity index (χ2v) is 4.22. The number of halogens is 2. The fourth-order valence-corrected chi connectivity index (χ4v) is 1.89.